The van der Waals surface area contributed by atoms with Crippen LogP contribution < -0.4 is 0 Å². The van der Waals surface area contributed by atoms with Crippen LogP contribution in [0.2, 0.25) is 0 Å². The number of amides is 1. The van der Waals surface area contributed by atoms with Crippen molar-refractivity contribution in [3.8, 4) is 0 Å². The van der Waals surface area contributed by atoms with Gasteiger partial charge in [0, 0.05) is 26.4 Å². The fourth-order valence-electron chi connectivity index (χ4n) is 4.18. The van der Waals surface area contributed by atoms with Crippen LogP contribution in [0, 0.1) is 18.3 Å². The van der Waals surface area contributed by atoms with Crippen molar-refractivity contribution in [2.24, 2.45) is 11.3 Å². The SMILES string of the molecule is Cc1cccc(Cc2noc(C3(C)CCC(C(=O)N(C)C)C3(C)C)n2)c1. The fraction of sp³-hybridized carbons (Fsp3) is 0.571. The zero-order valence-corrected chi connectivity index (χ0v) is 16.7. The smallest absolute Gasteiger partial charge is 0.233 e. The highest BCUT2D eigenvalue weighted by Crippen LogP contribution is 2.56. The predicted molar refractivity (Wildman–Crippen MR) is 101 cm³/mol. The minimum Gasteiger partial charge on any atom is -0.349 e. The van der Waals surface area contributed by atoms with E-state index < -0.39 is 0 Å². The molecule has 0 bridgehead atoms. The minimum atomic E-state index is -0.304. The molecule has 2 aromatic rings. The Labute approximate surface area is 155 Å². The van der Waals surface area contributed by atoms with Crippen LogP contribution in [-0.4, -0.2) is 35.0 Å². The van der Waals surface area contributed by atoms with E-state index in [9.17, 15) is 4.79 Å². The second-order valence-electron chi connectivity index (χ2n) is 8.56. The van der Waals surface area contributed by atoms with Crippen molar-refractivity contribution in [3.63, 3.8) is 0 Å². The summed E-state index contributed by atoms with van der Waals surface area (Å²) < 4.78 is 5.69. The van der Waals surface area contributed by atoms with Gasteiger partial charge in [-0.25, -0.2) is 0 Å². The highest BCUT2D eigenvalue weighted by molar-refractivity contribution is 5.79. The summed E-state index contributed by atoms with van der Waals surface area (Å²) in [7, 11) is 3.64. The summed E-state index contributed by atoms with van der Waals surface area (Å²) in [6.45, 7) is 8.53. The first-order valence-electron chi connectivity index (χ1n) is 9.25. The van der Waals surface area contributed by atoms with Gasteiger partial charge in [0.05, 0.1) is 5.41 Å². The van der Waals surface area contributed by atoms with Gasteiger partial charge in [0.15, 0.2) is 5.82 Å². The lowest BCUT2D eigenvalue weighted by atomic mass is 9.65. The molecule has 2 unspecified atom stereocenters. The minimum absolute atomic E-state index is 0.0328. The second-order valence-corrected chi connectivity index (χ2v) is 8.56. The van der Waals surface area contributed by atoms with Gasteiger partial charge in [0.25, 0.3) is 0 Å². The Morgan fingerprint density at radius 2 is 2.04 bits per heavy atom. The van der Waals surface area contributed by atoms with E-state index in [0.29, 0.717) is 18.1 Å². The number of rotatable bonds is 4. The van der Waals surface area contributed by atoms with Crippen molar-refractivity contribution in [2.75, 3.05) is 14.1 Å². The molecule has 5 heteroatoms. The standard InChI is InChI=1S/C21H29N3O2/c1-14-8-7-9-15(12-14)13-17-22-19(26-23-17)21(4)11-10-16(20(21,2)3)18(25)24(5)6/h7-9,12,16H,10-11,13H2,1-6H3. The number of nitrogens with zero attached hydrogens (tertiary/aromatic N) is 3. The predicted octanol–water partition coefficient (Wildman–Crippen LogP) is 3.75. The Kier molecular flexibility index (Phi) is 4.67. The summed E-state index contributed by atoms with van der Waals surface area (Å²) in [4.78, 5) is 19.0. The first-order valence-corrected chi connectivity index (χ1v) is 9.25. The van der Waals surface area contributed by atoms with Crippen LogP contribution in [0.25, 0.3) is 0 Å². The molecule has 1 heterocycles. The lowest BCUT2D eigenvalue weighted by Crippen LogP contribution is -2.43. The first kappa shape index (κ1) is 18.6. The molecule has 2 atom stereocenters. The van der Waals surface area contributed by atoms with E-state index in [-0.39, 0.29) is 22.7 Å². The quantitative estimate of drug-likeness (QED) is 0.838. The second kappa shape index (κ2) is 6.53. The summed E-state index contributed by atoms with van der Waals surface area (Å²) >= 11 is 0. The van der Waals surface area contributed by atoms with Gasteiger partial charge in [-0.05, 0) is 30.7 Å². The van der Waals surface area contributed by atoms with Gasteiger partial charge in [0.2, 0.25) is 11.8 Å². The molecule has 1 fully saturated rings. The highest BCUT2D eigenvalue weighted by atomic mass is 16.5. The molecule has 0 aliphatic heterocycles. The van der Waals surface area contributed by atoms with Crippen molar-refractivity contribution in [1.29, 1.82) is 0 Å². The number of hydrogen-bond acceptors (Lipinski definition) is 4. The molecular formula is C21H29N3O2. The normalized spacial score (nSPS) is 24.6. The van der Waals surface area contributed by atoms with Crippen molar-refractivity contribution < 1.29 is 9.32 Å². The Morgan fingerprint density at radius 1 is 1.31 bits per heavy atom. The van der Waals surface area contributed by atoms with Gasteiger partial charge in [-0.2, -0.15) is 4.98 Å². The molecule has 0 saturated heterocycles. The van der Waals surface area contributed by atoms with Crippen molar-refractivity contribution in [3.05, 3.63) is 47.1 Å². The lowest BCUT2D eigenvalue weighted by Gasteiger charge is -2.39. The zero-order valence-electron chi connectivity index (χ0n) is 16.7. The summed E-state index contributed by atoms with van der Waals surface area (Å²) in [6, 6.07) is 8.35. The average molecular weight is 355 g/mol. The van der Waals surface area contributed by atoms with Gasteiger partial charge in [-0.15, -0.1) is 0 Å². The molecular weight excluding hydrogens is 326 g/mol. The Balaban J connectivity index is 1.85. The van der Waals surface area contributed by atoms with E-state index in [1.807, 2.05) is 20.2 Å². The van der Waals surface area contributed by atoms with Crippen LogP contribution in [0.4, 0.5) is 0 Å². The molecule has 1 aromatic carbocycles. The first-order chi connectivity index (χ1) is 12.1. The molecule has 1 aliphatic carbocycles. The lowest BCUT2D eigenvalue weighted by molar-refractivity contribution is -0.136. The number of aryl methyl sites for hydroxylation is 1. The Hall–Kier alpha value is -2.17. The number of hydrogen-bond donors (Lipinski definition) is 0. The van der Waals surface area contributed by atoms with E-state index in [4.69, 9.17) is 9.51 Å². The monoisotopic (exact) mass is 355 g/mol. The van der Waals surface area contributed by atoms with Crippen LogP contribution >= 0.6 is 0 Å². The zero-order chi connectivity index (χ0) is 19.1. The third-order valence-electron chi connectivity index (χ3n) is 6.35. The van der Waals surface area contributed by atoms with Gasteiger partial charge < -0.3 is 9.42 Å². The number of benzene rings is 1. The van der Waals surface area contributed by atoms with Crippen LogP contribution in [-0.2, 0) is 16.6 Å². The molecule has 3 rings (SSSR count). The summed E-state index contributed by atoms with van der Waals surface area (Å²) in [5.41, 5.74) is 1.84. The maximum atomic E-state index is 12.6. The molecule has 0 radical (unpaired) electrons. The van der Waals surface area contributed by atoms with E-state index >= 15 is 0 Å². The Bertz CT molecular complexity index is 809. The highest BCUT2D eigenvalue weighted by Gasteiger charge is 2.58. The van der Waals surface area contributed by atoms with Crippen molar-refractivity contribution in [2.45, 2.75) is 52.4 Å². The third kappa shape index (κ3) is 3.04. The molecule has 5 nitrogen and oxygen atoms in total. The topological polar surface area (TPSA) is 59.2 Å². The largest absolute Gasteiger partial charge is 0.349 e. The van der Waals surface area contributed by atoms with Gasteiger partial charge in [-0.1, -0.05) is 55.8 Å². The average Bonchev–Trinajstić information content (AvgIpc) is 3.11. The molecule has 1 saturated carbocycles. The van der Waals surface area contributed by atoms with E-state index in [2.05, 4.69) is 51.1 Å². The Morgan fingerprint density at radius 3 is 2.69 bits per heavy atom. The molecule has 1 aromatic heterocycles. The number of aromatic nitrogens is 2. The number of carbonyl (C=O) groups is 1. The van der Waals surface area contributed by atoms with E-state index in [1.165, 1.54) is 11.1 Å². The number of carbonyl (C=O) groups excluding carboxylic acids is 1. The van der Waals surface area contributed by atoms with Crippen LogP contribution in [0.5, 0.6) is 0 Å². The third-order valence-corrected chi connectivity index (χ3v) is 6.35. The van der Waals surface area contributed by atoms with E-state index in [1.54, 1.807) is 4.90 Å². The fourth-order valence-corrected chi connectivity index (χ4v) is 4.18. The van der Waals surface area contributed by atoms with Crippen molar-refractivity contribution >= 4 is 5.91 Å². The molecule has 0 spiro atoms. The van der Waals surface area contributed by atoms with Gasteiger partial charge in [0.1, 0.15) is 0 Å². The summed E-state index contributed by atoms with van der Waals surface area (Å²) in [5.74, 6) is 1.50. The maximum Gasteiger partial charge on any atom is 0.233 e. The molecule has 140 valence electrons. The summed E-state index contributed by atoms with van der Waals surface area (Å²) in [6.07, 6.45) is 2.37. The maximum absolute atomic E-state index is 12.6. The van der Waals surface area contributed by atoms with Gasteiger partial charge in [-0.3, -0.25) is 4.79 Å². The van der Waals surface area contributed by atoms with E-state index in [0.717, 1.165) is 12.8 Å². The van der Waals surface area contributed by atoms with Gasteiger partial charge >= 0.3 is 0 Å². The van der Waals surface area contributed by atoms with Crippen LogP contribution in [0.1, 0.15) is 56.5 Å². The molecule has 0 N–H and O–H groups in total. The van der Waals surface area contributed by atoms with Crippen LogP contribution in [0.15, 0.2) is 28.8 Å². The van der Waals surface area contributed by atoms with Crippen LogP contribution in [0.3, 0.4) is 0 Å². The summed E-state index contributed by atoms with van der Waals surface area (Å²) in [5, 5.41) is 4.22. The molecule has 26 heavy (non-hydrogen) atoms. The molecule has 1 amide bonds. The van der Waals surface area contributed by atoms with Crippen molar-refractivity contribution in [1.82, 2.24) is 15.0 Å². The molecule has 1 aliphatic rings.